The summed E-state index contributed by atoms with van der Waals surface area (Å²) < 4.78 is 2.17. The van der Waals surface area contributed by atoms with Gasteiger partial charge >= 0.3 is 0 Å². The van der Waals surface area contributed by atoms with Gasteiger partial charge < -0.3 is 9.47 Å². The Morgan fingerprint density at radius 2 is 1.70 bits per heavy atom. The monoisotopic (exact) mass is 441 g/mol. The highest BCUT2D eigenvalue weighted by molar-refractivity contribution is 6.00. The Morgan fingerprint density at radius 3 is 2.39 bits per heavy atom. The molecule has 3 aromatic rings. The number of carbonyl (C=O) groups excluding carboxylic acids is 2. The van der Waals surface area contributed by atoms with Crippen LogP contribution in [0.4, 0.5) is 5.69 Å². The molecule has 0 saturated heterocycles. The normalized spacial score (nSPS) is 16.8. The minimum Gasteiger partial charge on any atom is -0.333 e. The van der Waals surface area contributed by atoms with Crippen molar-refractivity contribution in [1.82, 2.24) is 9.47 Å². The number of aryl methyl sites for hydroxylation is 1. The van der Waals surface area contributed by atoms with Crippen LogP contribution in [-0.4, -0.2) is 34.4 Å². The van der Waals surface area contributed by atoms with Gasteiger partial charge in [-0.1, -0.05) is 55.3 Å². The zero-order valence-electron chi connectivity index (χ0n) is 19.4. The summed E-state index contributed by atoms with van der Waals surface area (Å²) in [5, 5.41) is 0. The van der Waals surface area contributed by atoms with Gasteiger partial charge in [0, 0.05) is 18.7 Å². The van der Waals surface area contributed by atoms with Crippen LogP contribution in [0.15, 0.2) is 66.9 Å². The lowest BCUT2D eigenvalue weighted by Crippen LogP contribution is -2.47. The van der Waals surface area contributed by atoms with E-state index in [2.05, 4.69) is 61.0 Å². The molecule has 1 unspecified atom stereocenters. The molecule has 2 amide bonds. The molecule has 1 saturated carbocycles. The van der Waals surface area contributed by atoms with E-state index >= 15 is 0 Å². The zero-order valence-corrected chi connectivity index (χ0v) is 19.4. The minimum absolute atomic E-state index is 0.0365. The van der Waals surface area contributed by atoms with Crippen LogP contribution in [0, 0.1) is 12.8 Å². The maximum atomic E-state index is 14.0. The third-order valence-electron chi connectivity index (χ3n) is 6.73. The van der Waals surface area contributed by atoms with Gasteiger partial charge in [0.25, 0.3) is 0 Å². The maximum Gasteiger partial charge on any atom is 0.247 e. The van der Waals surface area contributed by atoms with Crippen LogP contribution in [0.25, 0.3) is 5.69 Å². The topological polar surface area (TPSA) is 45.6 Å². The fourth-order valence-corrected chi connectivity index (χ4v) is 4.77. The fourth-order valence-electron chi connectivity index (χ4n) is 4.77. The molecule has 170 valence electrons. The Balaban J connectivity index is 1.55. The summed E-state index contributed by atoms with van der Waals surface area (Å²) >= 11 is 0. The van der Waals surface area contributed by atoms with Crippen LogP contribution in [0.2, 0.25) is 0 Å². The van der Waals surface area contributed by atoms with E-state index in [0.29, 0.717) is 6.54 Å². The van der Waals surface area contributed by atoms with Crippen LogP contribution < -0.4 is 4.90 Å². The van der Waals surface area contributed by atoms with Crippen LogP contribution in [0.1, 0.15) is 55.5 Å². The minimum atomic E-state index is -0.243. The van der Waals surface area contributed by atoms with Crippen LogP contribution in [0.3, 0.4) is 0 Å². The van der Waals surface area contributed by atoms with E-state index in [1.807, 2.05) is 29.2 Å². The fraction of sp³-hybridized carbons (Fsp3) is 0.357. The third kappa shape index (κ3) is 4.08. The molecule has 5 heteroatoms. The SMILES string of the molecule is CCCCN(CC(=O)N1c2ccccc2-n2cccc2C1c1ccc(C)cc1)C(=O)C1CC1. The van der Waals surface area contributed by atoms with Crippen molar-refractivity contribution in [2.24, 2.45) is 5.92 Å². The van der Waals surface area contributed by atoms with Crippen LogP contribution in [0.5, 0.6) is 0 Å². The van der Waals surface area contributed by atoms with Crippen molar-refractivity contribution < 1.29 is 9.59 Å². The number of anilines is 1. The van der Waals surface area contributed by atoms with E-state index in [4.69, 9.17) is 0 Å². The van der Waals surface area contributed by atoms with Crippen LogP contribution >= 0.6 is 0 Å². The molecular weight excluding hydrogens is 410 g/mol. The second-order valence-electron chi connectivity index (χ2n) is 9.26. The van der Waals surface area contributed by atoms with Crippen molar-refractivity contribution in [2.75, 3.05) is 18.0 Å². The molecule has 1 aliphatic carbocycles. The van der Waals surface area contributed by atoms with E-state index in [-0.39, 0.29) is 30.3 Å². The van der Waals surface area contributed by atoms with Crippen molar-refractivity contribution in [3.05, 3.63) is 83.7 Å². The number of unbranched alkanes of at least 4 members (excludes halogenated alkanes) is 1. The lowest BCUT2D eigenvalue weighted by molar-refractivity contribution is -0.136. The number of para-hydroxylation sites is 2. The molecule has 0 N–H and O–H groups in total. The maximum absolute atomic E-state index is 14.0. The van der Waals surface area contributed by atoms with Gasteiger partial charge in [0.15, 0.2) is 0 Å². The Morgan fingerprint density at radius 1 is 0.970 bits per heavy atom. The molecule has 2 aliphatic rings. The Labute approximate surface area is 195 Å². The summed E-state index contributed by atoms with van der Waals surface area (Å²) in [6.45, 7) is 4.94. The van der Waals surface area contributed by atoms with E-state index in [1.165, 1.54) is 5.56 Å². The predicted octanol–water partition coefficient (Wildman–Crippen LogP) is 5.26. The molecule has 2 heterocycles. The van der Waals surface area contributed by atoms with E-state index in [1.54, 1.807) is 4.90 Å². The number of rotatable bonds is 7. The molecule has 2 aromatic carbocycles. The number of carbonyl (C=O) groups is 2. The summed E-state index contributed by atoms with van der Waals surface area (Å²) in [7, 11) is 0. The number of benzene rings is 2. The van der Waals surface area contributed by atoms with Crippen molar-refractivity contribution in [3.63, 3.8) is 0 Å². The van der Waals surface area contributed by atoms with Crippen LogP contribution in [-0.2, 0) is 9.59 Å². The lowest BCUT2D eigenvalue weighted by atomic mass is 9.97. The summed E-state index contributed by atoms with van der Waals surface area (Å²) in [4.78, 5) is 30.7. The molecule has 5 nitrogen and oxygen atoms in total. The largest absolute Gasteiger partial charge is 0.333 e. The first kappa shape index (κ1) is 21.5. The highest BCUT2D eigenvalue weighted by atomic mass is 16.2. The van der Waals surface area contributed by atoms with Gasteiger partial charge in [0.05, 0.1) is 17.1 Å². The Bertz CT molecular complexity index is 1160. The van der Waals surface area contributed by atoms with Gasteiger partial charge in [-0.15, -0.1) is 0 Å². The first-order valence-corrected chi connectivity index (χ1v) is 12.0. The molecule has 1 aliphatic heterocycles. The smallest absolute Gasteiger partial charge is 0.247 e. The highest BCUT2D eigenvalue weighted by Gasteiger charge is 2.39. The van der Waals surface area contributed by atoms with Gasteiger partial charge in [-0.25, -0.2) is 0 Å². The highest BCUT2D eigenvalue weighted by Crippen LogP contribution is 2.42. The third-order valence-corrected chi connectivity index (χ3v) is 6.73. The second kappa shape index (κ2) is 8.89. The zero-order chi connectivity index (χ0) is 22.9. The number of hydrogen-bond donors (Lipinski definition) is 0. The molecule has 33 heavy (non-hydrogen) atoms. The number of hydrogen-bond acceptors (Lipinski definition) is 2. The van der Waals surface area contributed by atoms with E-state index in [9.17, 15) is 9.59 Å². The molecular formula is C28H31N3O2. The first-order valence-electron chi connectivity index (χ1n) is 12.0. The average molecular weight is 442 g/mol. The molecule has 0 spiro atoms. The average Bonchev–Trinajstić information content (AvgIpc) is 3.57. The molecule has 0 radical (unpaired) electrons. The molecule has 1 aromatic heterocycles. The van der Waals surface area contributed by atoms with Gasteiger partial charge in [0.2, 0.25) is 11.8 Å². The standard InChI is InChI=1S/C28H31N3O2/c1-3-4-17-29(28(33)22-15-16-22)19-26(32)31-24-9-6-5-8-23(24)30-18-7-10-25(30)27(31)21-13-11-20(2)12-14-21/h5-14,18,22,27H,3-4,15-17,19H2,1-2H3. The number of amides is 2. The quantitative estimate of drug-likeness (QED) is 0.502. The lowest BCUT2D eigenvalue weighted by Gasteiger charge is -2.39. The van der Waals surface area contributed by atoms with Gasteiger partial charge in [-0.3, -0.25) is 14.5 Å². The molecule has 1 fully saturated rings. The molecule has 0 bridgehead atoms. The first-order chi connectivity index (χ1) is 16.1. The number of fused-ring (bicyclic) bond motifs is 3. The Kier molecular flexibility index (Phi) is 5.79. The van der Waals surface area contributed by atoms with Gasteiger partial charge in [-0.2, -0.15) is 0 Å². The summed E-state index contributed by atoms with van der Waals surface area (Å²) in [6, 6.07) is 20.3. The predicted molar refractivity (Wildman–Crippen MR) is 130 cm³/mol. The summed E-state index contributed by atoms with van der Waals surface area (Å²) in [6.07, 6.45) is 5.85. The number of nitrogens with zero attached hydrogens (tertiary/aromatic N) is 3. The van der Waals surface area contributed by atoms with E-state index < -0.39 is 0 Å². The Hall–Kier alpha value is -3.34. The molecule has 1 atom stereocenters. The van der Waals surface area contributed by atoms with Gasteiger partial charge in [-0.05, 0) is 56.0 Å². The molecule has 5 rings (SSSR count). The summed E-state index contributed by atoms with van der Waals surface area (Å²) in [5.41, 5.74) is 5.18. The van der Waals surface area contributed by atoms with Crippen molar-refractivity contribution in [2.45, 2.75) is 45.6 Å². The summed E-state index contributed by atoms with van der Waals surface area (Å²) in [5.74, 6) is 0.205. The van der Waals surface area contributed by atoms with Crippen molar-refractivity contribution in [1.29, 1.82) is 0 Å². The van der Waals surface area contributed by atoms with Crippen molar-refractivity contribution >= 4 is 17.5 Å². The second-order valence-corrected chi connectivity index (χ2v) is 9.26. The number of aromatic nitrogens is 1. The van der Waals surface area contributed by atoms with Crippen molar-refractivity contribution in [3.8, 4) is 5.69 Å². The van der Waals surface area contributed by atoms with Gasteiger partial charge in [0.1, 0.15) is 12.6 Å². The van der Waals surface area contributed by atoms with E-state index in [0.717, 1.165) is 48.3 Å².